The van der Waals surface area contributed by atoms with Crippen LogP contribution in [0.4, 0.5) is 0 Å². The van der Waals surface area contributed by atoms with E-state index in [1.165, 1.54) is 151 Å². The molecule has 0 spiro atoms. The second-order valence-corrected chi connectivity index (χ2v) is 11.4. The SMILES string of the molecule is CCCCCCCCCCCC[N+](C)(C)CCCCCC[N+](C)(C)CCCCCC.[Br-].[Br-]. The Balaban J connectivity index is -0.00000420. The summed E-state index contributed by atoms with van der Waals surface area (Å²) in [6.07, 6.45) is 25.7. The molecular formula is C28H62Br2N2. The van der Waals surface area contributed by atoms with Gasteiger partial charge in [0.05, 0.1) is 54.4 Å². The number of quaternary nitrogens is 2. The van der Waals surface area contributed by atoms with Crippen molar-refractivity contribution in [1.82, 2.24) is 0 Å². The topological polar surface area (TPSA) is 0 Å². The van der Waals surface area contributed by atoms with Crippen molar-refractivity contribution in [1.29, 1.82) is 0 Å². The maximum Gasteiger partial charge on any atom is 0.0782 e. The smallest absolute Gasteiger partial charge is 0.0782 e. The number of nitrogens with zero attached hydrogens (tertiary/aromatic N) is 2. The molecule has 0 aromatic rings. The van der Waals surface area contributed by atoms with Gasteiger partial charge in [-0.2, -0.15) is 0 Å². The zero-order chi connectivity index (χ0) is 22.6. The first-order chi connectivity index (χ1) is 14.3. The Labute approximate surface area is 226 Å². The number of halogens is 2. The van der Waals surface area contributed by atoms with Gasteiger partial charge in [0, 0.05) is 0 Å². The largest absolute Gasteiger partial charge is 1.00 e. The van der Waals surface area contributed by atoms with Gasteiger partial charge in [0.2, 0.25) is 0 Å². The lowest BCUT2D eigenvalue weighted by Crippen LogP contribution is -3.00. The summed E-state index contributed by atoms with van der Waals surface area (Å²) in [5.74, 6) is 0. The van der Waals surface area contributed by atoms with Crippen molar-refractivity contribution in [3.05, 3.63) is 0 Å². The summed E-state index contributed by atoms with van der Waals surface area (Å²) in [6.45, 7) is 10.1. The lowest BCUT2D eigenvalue weighted by atomic mass is 10.1. The third-order valence-corrected chi connectivity index (χ3v) is 7.01. The molecule has 0 fully saturated rings. The van der Waals surface area contributed by atoms with Gasteiger partial charge in [0.25, 0.3) is 0 Å². The van der Waals surface area contributed by atoms with E-state index < -0.39 is 0 Å². The van der Waals surface area contributed by atoms with E-state index in [2.05, 4.69) is 42.0 Å². The average molecular weight is 587 g/mol. The molecule has 0 aliphatic rings. The fourth-order valence-corrected chi connectivity index (χ4v) is 4.65. The molecule has 0 heterocycles. The molecule has 0 atom stereocenters. The highest BCUT2D eigenvalue weighted by Gasteiger charge is 2.15. The lowest BCUT2D eigenvalue weighted by molar-refractivity contribution is -0.891. The summed E-state index contributed by atoms with van der Waals surface area (Å²) in [5.41, 5.74) is 0. The zero-order valence-electron chi connectivity index (χ0n) is 23.2. The van der Waals surface area contributed by atoms with Crippen LogP contribution in [0.5, 0.6) is 0 Å². The second-order valence-electron chi connectivity index (χ2n) is 11.4. The summed E-state index contributed by atoms with van der Waals surface area (Å²) in [7, 11) is 9.75. The standard InChI is InChI=1S/C28H62N2.2BrH/c1-7-9-11-13-14-15-16-17-18-22-26-30(5,6)28-24-20-19-23-27-29(3,4)25-21-12-10-8-2;;/h7-28H2,1-6H3;2*1H/q+2;;/p-2. The van der Waals surface area contributed by atoms with E-state index in [1.54, 1.807) is 0 Å². The minimum atomic E-state index is 0. The molecule has 0 amide bonds. The van der Waals surface area contributed by atoms with Crippen LogP contribution >= 0.6 is 0 Å². The Morgan fingerprint density at radius 1 is 0.312 bits per heavy atom. The van der Waals surface area contributed by atoms with Gasteiger partial charge in [-0.05, 0) is 51.4 Å². The molecule has 0 aliphatic heterocycles. The molecule has 32 heavy (non-hydrogen) atoms. The number of rotatable bonds is 23. The molecular weight excluding hydrogens is 524 g/mol. The molecule has 0 N–H and O–H groups in total. The fraction of sp³-hybridized carbons (Fsp3) is 1.00. The normalized spacial score (nSPS) is 11.8. The van der Waals surface area contributed by atoms with E-state index in [0.717, 1.165) is 0 Å². The summed E-state index contributed by atoms with van der Waals surface area (Å²) in [5, 5.41) is 0. The highest BCUT2D eigenvalue weighted by atomic mass is 79.9. The molecule has 0 bridgehead atoms. The lowest BCUT2D eigenvalue weighted by Gasteiger charge is -2.31. The molecule has 2 nitrogen and oxygen atoms in total. The van der Waals surface area contributed by atoms with Gasteiger partial charge in [-0.3, -0.25) is 0 Å². The van der Waals surface area contributed by atoms with Crippen LogP contribution in [0.15, 0.2) is 0 Å². The minimum Gasteiger partial charge on any atom is -1.00 e. The summed E-state index contributed by atoms with van der Waals surface area (Å²) < 4.78 is 2.46. The van der Waals surface area contributed by atoms with Crippen molar-refractivity contribution in [3.8, 4) is 0 Å². The monoisotopic (exact) mass is 584 g/mol. The van der Waals surface area contributed by atoms with E-state index in [-0.39, 0.29) is 34.0 Å². The number of unbranched alkanes of at least 4 members (excludes halogenated alkanes) is 15. The van der Waals surface area contributed by atoms with Crippen molar-refractivity contribution in [2.75, 3.05) is 54.4 Å². The van der Waals surface area contributed by atoms with E-state index in [4.69, 9.17) is 0 Å². The van der Waals surface area contributed by atoms with Gasteiger partial charge >= 0.3 is 0 Å². The Morgan fingerprint density at radius 3 is 0.750 bits per heavy atom. The third kappa shape index (κ3) is 27.1. The summed E-state index contributed by atoms with van der Waals surface area (Å²) in [4.78, 5) is 0. The average Bonchev–Trinajstić information content (AvgIpc) is 2.69. The Kier molecular flexibility index (Phi) is 29.2. The first kappa shape index (κ1) is 37.4. The van der Waals surface area contributed by atoms with E-state index in [0.29, 0.717) is 0 Å². The number of hydrogen-bond acceptors (Lipinski definition) is 0. The predicted octanol–water partition coefficient (Wildman–Crippen LogP) is 2.21. The summed E-state index contributed by atoms with van der Waals surface area (Å²) in [6, 6.07) is 0. The van der Waals surface area contributed by atoms with Crippen molar-refractivity contribution >= 4 is 0 Å². The zero-order valence-corrected chi connectivity index (χ0v) is 26.4. The maximum atomic E-state index is 2.45. The highest BCUT2D eigenvalue weighted by Crippen LogP contribution is 2.13. The van der Waals surface area contributed by atoms with Crippen LogP contribution in [-0.4, -0.2) is 63.3 Å². The molecule has 198 valence electrons. The van der Waals surface area contributed by atoms with Crippen LogP contribution in [-0.2, 0) is 0 Å². The molecule has 4 heteroatoms. The van der Waals surface area contributed by atoms with Crippen molar-refractivity contribution in [2.45, 2.75) is 129 Å². The van der Waals surface area contributed by atoms with Gasteiger partial charge in [-0.25, -0.2) is 0 Å². The fourth-order valence-electron chi connectivity index (χ4n) is 4.65. The van der Waals surface area contributed by atoms with Crippen LogP contribution in [0.3, 0.4) is 0 Å². The minimum absolute atomic E-state index is 0. The Bertz CT molecular complexity index is 359. The molecule has 0 aromatic heterocycles. The van der Waals surface area contributed by atoms with Crippen LogP contribution in [0.25, 0.3) is 0 Å². The molecule has 0 aliphatic carbocycles. The third-order valence-electron chi connectivity index (χ3n) is 7.01. The van der Waals surface area contributed by atoms with E-state index >= 15 is 0 Å². The first-order valence-corrected chi connectivity index (χ1v) is 14.0. The van der Waals surface area contributed by atoms with Gasteiger partial charge < -0.3 is 42.9 Å². The van der Waals surface area contributed by atoms with Crippen molar-refractivity contribution in [3.63, 3.8) is 0 Å². The van der Waals surface area contributed by atoms with Gasteiger partial charge in [-0.15, -0.1) is 0 Å². The molecule has 0 aromatic carbocycles. The van der Waals surface area contributed by atoms with Crippen molar-refractivity contribution < 1.29 is 42.9 Å². The van der Waals surface area contributed by atoms with E-state index in [1.807, 2.05) is 0 Å². The van der Waals surface area contributed by atoms with E-state index in [9.17, 15) is 0 Å². The second kappa shape index (κ2) is 25.0. The number of hydrogen-bond donors (Lipinski definition) is 0. The predicted molar refractivity (Wildman–Crippen MR) is 138 cm³/mol. The first-order valence-electron chi connectivity index (χ1n) is 14.0. The molecule has 0 radical (unpaired) electrons. The molecule has 0 saturated heterocycles. The Morgan fingerprint density at radius 2 is 0.500 bits per heavy atom. The maximum absolute atomic E-state index is 2.45. The molecule has 0 unspecified atom stereocenters. The van der Waals surface area contributed by atoms with Gasteiger partial charge in [0.1, 0.15) is 0 Å². The van der Waals surface area contributed by atoms with Crippen LogP contribution in [0, 0.1) is 0 Å². The van der Waals surface area contributed by atoms with Crippen LogP contribution in [0.2, 0.25) is 0 Å². The van der Waals surface area contributed by atoms with Crippen LogP contribution in [0.1, 0.15) is 129 Å². The van der Waals surface area contributed by atoms with Gasteiger partial charge in [0.15, 0.2) is 0 Å². The summed E-state index contributed by atoms with van der Waals surface area (Å²) >= 11 is 0. The quantitative estimate of drug-likeness (QED) is 0.127. The van der Waals surface area contributed by atoms with Gasteiger partial charge in [-0.1, -0.05) is 78.1 Å². The highest BCUT2D eigenvalue weighted by molar-refractivity contribution is 4.49. The van der Waals surface area contributed by atoms with Crippen molar-refractivity contribution in [2.24, 2.45) is 0 Å². The van der Waals surface area contributed by atoms with Crippen LogP contribution < -0.4 is 34.0 Å². The Hall–Kier alpha value is 0.880. The molecule has 0 rings (SSSR count). The molecule has 0 saturated carbocycles.